The Morgan fingerprint density at radius 3 is 3.04 bits per heavy atom. The third kappa shape index (κ3) is 4.44. The molecule has 0 fully saturated rings. The topological polar surface area (TPSA) is 71.0 Å². The van der Waals surface area contributed by atoms with E-state index in [-0.39, 0.29) is 16.2 Å². The Hall–Kier alpha value is -1.65. The van der Waals surface area contributed by atoms with E-state index in [1.165, 1.54) is 5.02 Å². The quantitative estimate of drug-likeness (QED) is 0.262. The molecule has 0 N–H and O–H groups in total. The first-order valence-corrected chi connectivity index (χ1v) is 10.5. The van der Waals surface area contributed by atoms with Crippen LogP contribution in [0.2, 0.25) is 0 Å². The van der Waals surface area contributed by atoms with Crippen molar-refractivity contribution < 1.29 is 9.36 Å². The molecule has 2 aliphatic rings. The van der Waals surface area contributed by atoms with E-state index in [1.54, 1.807) is 4.80 Å². The molecule has 0 saturated carbocycles. The van der Waals surface area contributed by atoms with E-state index in [4.69, 9.17) is 22.4 Å². The van der Waals surface area contributed by atoms with E-state index >= 15 is 0 Å². The highest BCUT2D eigenvalue weighted by atomic mass is 127. The van der Waals surface area contributed by atoms with Crippen LogP contribution in [0.25, 0.3) is 5.57 Å². The molecule has 2 radical (unpaired) electrons. The SMILES string of the molecule is [B]N=NC1C=CC(c2on3n([n-]c2C)[C@H](I)C[C@H](CCCC)O3)=C(C=C)C1. The number of hydrogen-bond donors (Lipinski definition) is 0. The Balaban J connectivity index is 1.96. The van der Waals surface area contributed by atoms with Crippen LogP contribution in [0.3, 0.4) is 0 Å². The van der Waals surface area contributed by atoms with Crippen molar-refractivity contribution in [3.05, 3.63) is 41.8 Å². The largest absolute Gasteiger partial charge is 0.452 e. The number of halogens is 1. The van der Waals surface area contributed by atoms with Gasteiger partial charge in [-0.3, -0.25) is 9.82 Å². The van der Waals surface area contributed by atoms with Gasteiger partial charge in [0.05, 0.1) is 10.1 Å². The first-order valence-electron chi connectivity index (χ1n) is 9.22. The molecule has 3 atom stereocenters. The smallest absolute Gasteiger partial charge is 0.292 e. The second-order valence-corrected chi connectivity index (χ2v) is 8.15. The summed E-state index contributed by atoms with van der Waals surface area (Å²) < 4.78 is 6.31. The van der Waals surface area contributed by atoms with Gasteiger partial charge in [0.25, 0.3) is 7.98 Å². The van der Waals surface area contributed by atoms with E-state index in [0.717, 1.165) is 42.5 Å². The Bertz CT molecular complexity index is 811. The lowest BCUT2D eigenvalue weighted by atomic mass is 9.92. The van der Waals surface area contributed by atoms with E-state index in [1.807, 2.05) is 25.2 Å². The van der Waals surface area contributed by atoms with Crippen molar-refractivity contribution in [2.75, 3.05) is 0 Å². The molecule has 0 aromatic carbocycles. The van der Waals surface area contributed by atoms with E-state index < -0.39 is 0 Å². The lowest BCUT2D eigenvalue weighted by Crippen LogP contribution is -2.41. The van der Waals surface area contributed by atoms with Crippen LogP contribution in [-0.2, 0) is 0 Å². The molecule has 27 heavy (non-hydrogen) atoms. The molecule has 1 aromatic rings. The van der Waals surface area contributed by atoms with E-state index in [0.29, 0.717) is 12.2 Å². The summed E-state index contributed by atoms with van der Waals surface area (Å²) in [6.45, 7) is 8.05. The van der Waals surface area contributed by atoms with Crippen LogP contribution in [0.1, 0.15) is 54.5 Å². The van der Waals surface area contributed by atoms with Gasteiger partial charge in [0, 0.05) is 18.4 Å². The van der Waals surface area contributed by atoms with Crippen LogP contribution in [0.15, 0.2) is 45.0 Å². The Kier molecular flexibility index (Phi) is 6.72. The number of unbranched alkanes of at least 4 members (excludes halogenated alkanes) is 1. The molecular formula is C18H24BIN5O2-. The summed E-state index contributed by atoms with van der Waals surface area (Å²) in [4.78, 5) is 7.80. The number of allylic oxidation sites excluding steroid dienone is 3. The number of aryl methyl sites for hydroxylation is 1. The zero-order chi connectivity index (χ0) is 19.4. The van der Waals surface area contributed by atoms with E-state index in [2.05, 4.69) is 46.2 Å². The fraction of sp³-hybridized carbons (Fsp3) is 0.556. The molecule has 1 aromatic heterocycles. The van der Waals surface area contributed by atoms with Crippen molar-refractivity contribution in [3.63, 3.8) is 0 Å². The number of hydrogen-bond acceptors (Lipinski definition) is 4. The molecule has 0 amide bonds. The molecule has 2 heterocycles. The second kappa shape index (κ2) is 9.03. The summed E-state index contributed by atoms with van der Waals surface area (Å²) in [5, 5.41) is 13.5. The van der Waals surface area contributed by atoms with Crippen molar-refractivity contribution in [3.8, 4) is 0 Å². The van der Waals surface area contributed by atoms with Gasteiger partial charge in [-0.05, 0) is 24.6 Å². The maximum atomic E-state index is 6.13. The van der Waals surface area contributed by atoms with Gasteiger partial charge in [0.1, 0.15) is 11.9 Å². The average molecular weight is 480 g/mol. The monoisotopic (exact) mass is 480 g/mol. The third-order valence-corrected chi connectivity index (χ3v) is 5.72. The number of nitrogens with zero attached hydrogens (tertiary/aromatic N) is 5. The van der Waals surface area contributed by atoms with Crippen molar-refractivity contribution in [1.82, 2.24) is 14.9 Å². The third-order valence-electron chi connectivity index (χ3n) is 4.71. The minimum atomic E-state index is -0.0897. The molecule has 0 saturated heterocycles. The Morgan fingerprint density at radius 1 is 1.52 bits per heavy atom. The summed E-state index contributed by atoms with van der Waals surface area (Å²) in [7, 11) is 5.18. The highest BCUT2D eigenvalue weighted by molar-refractivity contribution is 14.1. The maximum absolute atomic E-state index is 6.13. The summed E-state index contributed by atoms with van der Waals surface area (Å²) >= 11 is 2.38. The Morgan fingerprint density at radius 2 is 2.33 bits per heavy atom. The van der Waals surface area contributed by atoms with Crippen LogP contribution in [0, 0.1) is 6.92 Å². The molecular weight excluding hydrogens is 456 g/mol. The molecule has 0 bridgehead atoms. The van der Waals surface area contributed by atoms with Crippen LogP contribution in [-0.4, -0.2) is 29.9 Å². The number of fused-ring (bicyclic) bond motifs is 1. The van der Waals surface area contributed by atoms with Crippen molar-refractivity contribution in [2.45, 2.75) is 62.1 Å². The first kappa shape index (κ1) is 20.1. The van der Waals surface area contributed by atoms with E-state index in [9.17, 15) is 0 Å². The van der Waals surface area contributed by atoms with Crippen molar-refractivity contribution >= 4 is 36.1 Å². The lowest BCUT2D eigenvalue weighted by Gasteiger charge is -2.39. The van der Waals surface area contributed by atoms with Gasteiger partial charge in [-0.15, -0.1) is 5.02 Å². The molecule has 1 aliphatic heterocycles. The fourth-order valence-electron chi connectivity index (χ4n) is 3.28. The van der Waals surface area contributed by atoms with Gasteiger partial charge in [0.2, 0.25) is 0 Å². The second-order valence-electron chi connectivity index (χ2n) is 6.71. The fourth-order valence-corrected chi connectivity index (χ4v) is 4.18. The van der Waals surface area contributed by atoms with Crippen LogP contribution >= 0.6 is 22.6 Å². The van der Waals surface area contributed by atoms with Gasteiger partial charge < -0.3 is 14.5 Å². The highest BCUT2D eigenvalue weighted by Gasteiger charge is 2.23. The predicted molar refractivity (Wildman–Crippen MR) is 113 cm³/mol. The number of aromatic nitrogens is 3. The number of alkyl halides is 1. The minimum absolute atomic E-state index is 0.0897. The molecule has 1 aliphatic carbocycles. The highest BCUT2D eigenvalue weighted by Crippen LogP contribution is 2.33. The van der Waals surface area contributed by atoms with Gasteiger partial charge in [-0.25, -0.2) is 5.11 Å². The summed E-state index contributed by atoms with van der Waals surface area (Å²) in [5.41, 5.74) is 2.73. The minimum Gasteiger partial charge on any atom is -0.452 e. The van der Waals surface area contributed by atoms with Crippen LogP contribution < -0.4 is 9.94 Å². The molecule has 3 rings (SSSR count). The molecule has 7 nitrogen and oxygen atoms in total. The number of rotatable bonds is 6. The zero-order valence-electron chi connectivity index (χ0n) is 15.7. The molecule has 9 heteroatoms. The lowest BCUT2D eigenvalue weighted by molar-refractivity contribution is -0.162. The average Bonchev–Trinajstić information content (AvgIpc) is 2.67. The van der Waals surface area contributed by atoms with Gasteiger partial charge in [-0.1, -0.05) is 67.2 Å². The van der Waals surface area contributed by atoms with Crippen molar-refractivity contribution in [2.24, 2.45) is 10.1 Å². The maximum Gasteiger partial charge on any atom is 0.292 e. The van der Waals surface area contributed by atoms with Crippen LogP contribution in [0.5, 0.6) is 0 Å². The molecule has 0 spiro atoms. The van der Waals surface area contributed by atoms with Crippen LogP contribution in [0.4, 0.5) is 0 Å². The standard InChI is InChI=1S/C18H24BIN5O2/c1-4-6-7-15-11-17(20)24-22-12(3)18(27-25(24)26-15)16-9-8-14(21-23-19)10-13(16)5-2/h5,8-9,14-15,17H,2,4,6-7,10-11H2,1,3H3/q-1/t14?,15-,17-/m0/s1. The summed E-state index contributed by atoms with van der Waals surface area (Å²) in [5.74, 6) is 0.667. The molecule has 1 unspecified atom stereocenters. The van der Waals surface area contributed by atoms with Gasteiger partial charge in [0.15, 0.2) is 0 Å². The van der Waals surface area contributed by atoms with Gasteiger partial charge in [-0.2, -0.15) is 0 Å². The summed E-state index contributed by atoms with van der Waals surface area (Å²) in [6, 6.07) is -0.0897. The Labute approximate surface area is 174 Å². The first-order chi connectivity index (χ1) is 13.1. The molecule has 144 valence electrons. The summed E-state index contributed by atoms with van der Waals surface area (Å²) in [6.07, 6.45) is 10.7. The predicted octanol–water partition coefficient (Wildman–Crippen LogP) is 4.40. The van der Waals surface area contributed by atoms with Gasteiger partial charge >= 0.3 is 0 Å². The normalized spacial score (nSPS) is 24.8. The zero-order valence-corrected chi connectivity index (χ0v) is 17.9. The van der Waals surface area contributed by atoms with Crippen molar-refractivity contribution in [1.29, 1.82) is 0 Å².